The highest BCUT2D eigenvalue weighted by Gasteiger charge is 2.26. The number of hydrogen-bond acceptors (Lipinski definition) is 4. The van der Waals surface area contributed by atoms with Crippen molar-refractivity contribution in [2.75, 3.05) is 19.0 Å². The van der Waals surface area contributed by atoms with E-state index in [9.17, 15) is 13.2 Å². The number of carbonyl (C=O) groups excluding carboxylic acids is 1. The summed E-state index contributed by atoms with van der Waals surface area (Å²) in [6.07, 6.45) is 0. The Balaban J connectivity index is 1.83. The van der Waals surface area contributed by atoms with Crippen molar-refractivity contribution in [1.82, 2.24) is 4.31 Å². The average molecular weight is 445 g/mol. The third-order valence-corrected chi connectivity index (χ3v) is 6.44. The van der Waals surface area contributed by atoms with Crippen molar-refractivity contribution in [1.29, 1.82) is 0 Å². The van der Waals surface area contributed by atoms with E-state index < -0.39 is 15.9 Å². The SMILES string of the molecule is COc1ccc(NC(=O)CN(Cc2ccccc2)S(=O)(=O)c2ccccc2)cc1Cl. The van der Waals surface area contributed by atoms with Gasteiger partial charge in [0.25, 0.3) is 0 Å². The zero-order valence-corrected chi connectivity index (χ0v) is 17.9. The fourth-order valence-electron chi connectivity index (χ4n) is 2.86. The van der Waals surface area contributed by atoms with E-state index in [0.29, 0.717) is 16.5 Å². The van der Waals surface area contributed by atoms with E-state index in [-0.39, 0.29) is 18.0 Å². The molecule has 1 amide bonds. The van der Waals surface area contributed by atoms with Crippen LogP contribution in [0.25, 0.3) is 0 Å². The van der Waals surface area contributed by atoms with Gasteiger partial charge in [0.15, 0.2) is 0 Å². The minimum atomic E-state index is -3.88. The highest BCUT2D eigenvalue weighted by Crippen LogP contribution is 2.27. The molecule has 0 radical (unpaired) electrons. The van der Waals surface area contributed by atoms with Crippen molar-refractivity contribution in [3.05, 3.63) is 89.4 Å². The molecule has 30 heavy (non-hydrogen) atoms. The third kappa shape index (κ3) is 5.38. The van der Waals surface area contributed by atoms with Crippen molar-refractivity contribution in [3.63, 3.8) is 0 Å². The fourth-order valence-corrected chi connectivity index (χ4v) is 4.52. The zero-order chi connectivity index (χ0) is 21.6. The van der Waals surface area contributed by atoms with E-state index in [1.807, 2.05) is 30.3 Å². The number of ether oxygens (including phenoxy) is 1. The van der Waals surface area contributed by atoms with Crippen molar-refractivity contribution < 1.29 is 17.9 Å². The molecule has 3 aromatic carbocycles. The minimum absolute atomic E-state index is 0.0643. The first-order valence-electron chi connectivity index (χ1n) is 9.12. The van der Waals surface area contributed by atoms with Crippen LogP contribution < -0.4 is 10.1 Å². The number of halogens is 1. The van der Waals surface area contributed by atoms with Crippen molar-refractivity contribution >= 4 is 33.2 Å². The lowest BCUT2D eigenvalue weighted by Crippen LogP contribution is -2.37. The molecule has 1 N–H and O–H groups in total. The molecule has 3 rings (SSSR count). The molecule has 0 aromatic heterocycles. The quantitative estimate of drug-likeness (QED) is 0.565. The number of rotatable bonds is 8. The maximum absolute atomic E-state index is 13.2. The van der Waals surface area contributed by atoms with E-state index in [2.05, 4.69) is 5.32 Å². The second kappa shape index (κ2) is 9.75. The number of sulfonamides is 1. The van der Waals surface area contributed by atoms with E-state index in [4.69, 9.17) is 16.3 Å². The third-order valence-electron chi connectivity index (χ3n) is 4.34. The summed E-state index contributed by atoms with van der Waals surface area (Å²) in [5.74, 6) is -0.00121. The number of nitrogens with zero attached hydrogens (tertiary/aromatic N) is 1. The van der Waals surface area contributed by atoms with Gasteiger partial charge in [-0.2, -0.15) is 4.31 Å². The smallest absolute Gasteiger partial charge is 0.243 e. The van der Waals surface area contributed by atoms with Gasteiger partial charge in [-0.15, -0.1) is 0 Å². The maximum atomic E-state index is 13.2. The molecule has 0 unspecified atom stereocenters. The van der Waals surface area contributed by atoms with Crippen LogP contribution in [-0.4, -0.2) is 32.3 Å². The highest BCUT2D eigenvalue weighted by molar-refractivity contribution is 7.89. The van der Waals surface area contributed by atoms with Crippen molar-refractivity contribution in [3.8, 4) is 5.75 Å². The largest absolute Gasteiger partial charge is 0.495 e. The van der Waals surface area contributed by atoms with Gasteiger partial charge in [-0.3, -0.25) is 4.79 Å². The van der Waals surface area contributed by atoms with Crippen LogP contribution in [0.5, 0.6) is 5.75 Å². The lowest BCUT2D eigenvalue weighted by atomic mass is 10.2. The summed E-state index contributed by atoms with van der Waals surface area (Å²) in [6, 6.07) is 22.0. The van der Waals surface area contributed by atoms with Crippen LogP contribution in [0.2, 0.25) is 5.02 Å². The Morgan fingerprint density at radius 2 is 1.63 bits per heavy atom. The second-order valence-corrected chi connectivity index (χ2v) is 8.81. The van der Waals surface area contributed by atoms with Crippen LogP contribution >= 0.6 is 11.6 Å². The van der Waals surface area contributed by atoms with Gasteiger partial charge < -0.3 is 10.1 Å². The summed E-state index contributed by atoms with van der Waals surface area (Å²) in [6.45, 7) is -0.287. The van der Waals surface area contributed by atoms with E-state index in [0.717, 1.165) is 9.87 Å². The fraction of sp³-hybridized carbons (Fsp3) is 0.136. The molecule has 6 nitrogen and oxygen atoms in total. The number of anilines is 1. The summed E-state index contributed by atoms with van der Waals surface area (Å²) < 4.78 is 32.6. The van der Waals surface area contributed by atoms with E-state index in [1.165, 1.54) is 19.2 Å². The molecule has 0 saturated heterocycles. The molecule has 0 saturated carbocycles. The number of hydrogen-bond donors (Lipinski definition) is 1. The predicted octanol–water partition coefficient (Wildman–Crippen LogP) is 4.18. The van der Waals surface area contributed by atoms with E-state index in [1.54, 1.807) is 36.4 Å². The Bertz CT molecular complexity index is 1110. The van der Waals surface area contributed by atoms with Crippen LogP contribution in [0.15, 0.2) is 83.8 Å². The minimum Gasteiger partial charge on any atom is -0.495 e. The average Bonchev–Trinajstić information content (AvgIpc) is 2.75. The van der Waals surface area contributed by atoms with Gasteiger partial charge >= 0.3 is 0 Å². The lowest BCUT2D eigenvalue weighted by Gasteiger charge is -2.22. The number of benzene rings is 3. The Labute approximate surface area is 181 Å². The molecule has 0 aliphatic heterocycles. The summed E-state index contributed by atoms with van der Waals surface area (Å²) >= 11 is 6.10. The van der Waals surface area contributed by atoms with Gasteiger partial charge in [0.1, 0.15) is 5.75 Å². The summed E-state index contributed by atoms with van der Waals surface area (Å²) in [4.78, 5) is 12.8. The van der Waals surface area contributed by atoms with Crippen molar-refractivity contribution in [2.45, 2.75) is 11.4 Å². The van der Waals surface area contributed by atoms with Gasteiger partial charge in [0, 0.05) is 12.2 Å². The van der Waals surface area contributed by atoms with Crippen LogP contribution in [0.4, 0.5) is 5.69 Å². The molecular weight excluding hydrogens is 424 g/mol. The molecular formula is C22H21ClN2O4S. The molecule has 8 heteroatoms. The number of nitrogens with one attached hydrogen (secondary N) is 1. The molecule has 156 valence electrons. The summed E-state index contributed by atoms with van der Waals surface area (Å²) in [7, 11) is -2.38. The van der Waals surface area contributed by atoms with Crippen LogP contribution in [0.3, 0.4) is 0 Å². The molecule has 0 aliphatic rings. The normalized spacial score (nSPS) is 11.3. The first kappa shape index (κ1) is 21.8. The van der Waals surface area contributed by atoms with Gasteiger partial charge in [0.2, 0.25) is 15.9 Å². The molecule has 3 aromatic rings. The number of carbonyl (C=O) groups is 1. The van der Waals surface area contributed by atoms with Gasteiger partial charge in [-0.05, 0) is 35.9 Å². The van der Waals surface area contributed by atoms with Crippen LogP contribution in [0, 0.1) is 0 Å². The summed E-state index contributed by atoms with van der Waals surface area (Å²) in [5.41, 5.74) is 1.22. The molecule has 0 spiro atoms. The summed E-state index contributed by atoms with van der Waals surface area (Å²) in [5, 5.41) is 3.03. The van der Waals surface area contributed by atoms with Crippen LogP contribution in [0.1, 0.15) is 5.56 Å². The monoisotopic (exact) mass is 444 g/mol. The van der Waals surface area contributed by atoms with Gasteiger partial charge in [-0.1, -0.05) is 60.1 Å². The Kier molecular flexibility index (Phi) is 7.10. The Morgan fingerprint density at radius 3 is 2.23 bits per heavy atom. The number of amides is 1. The van der Waals surface area contributed by atoms with Gasteiger partial charge in [-0.25, -0.2) is 8.42 Å². The van der Waals surface area contributed by atoms with E-state index >= 15 is 0 Å². The highest BCUT2D eigenvalue weighted by atomic mass is 35.5. The molecule has 0 heterocycles. The first-order valence-corrected chi connectivity index (χ1v) is 10.9. The molecule has 0 atom stereocenters. The predicted molar refractivity (Wildman–Crippen MR) is 117 cm³/mol. The first-order chi connectivity index (χ1) is 14.4. The second-order valence-electron chi connectivity index (χ2n) is 6.47. The molecule has 0 aliphatic carbocycles. The molecule has 0 bridgehead atoms. The van der Waals surface area contributed by atoms with Gasteiger partial charge in [0.05, 0.1) is 23.6 Å². The zero-order valence-electron chi connectivity index (χ0n) is 16.3. The maximum Gasteiger partial charge on any atom is 0.243 e. The number of methoxy groups -OCH3 is 1. The standard InChI is InChI=1S/C22H21ClN2O4S/c1-29-21-13-12-18(14-20(21)23)24-22(26)16-25(15-17-8-4-2-5-9-17)30(27,28)19-10-6-3-7-11-19/h2-14H,15-16H2,1H3,(H,24,26). The van der Waals surface area contributed by atoms with Crippen molar-refractivity contribution in [2.24, 2.45) is 0 Å². The topological polar surface area (TPSA) is 75.7 Å². The lowest BCUT2D eigenvalue weighted by molar-refractivity contribution is -0.116. The Morgan fingerprint density at radius 1 is 1.00 bits per heavy atom. The molecule has 0 fully saturated rings. The van der Waals surface area contributed by atoms with Crippen LogP contribution in [-0.2, 0) is 21.4 Å². The Hall–Kier alpha value is -2.87.